The van der Waals surface area contributed by atoms with E-state index in [2.05, 4.69) is 30.7 Å². The molecular weight excluding hydrogens is 442 g/mol. The van der Waals surface area contributed by atoms with Crippen LogP contribution in [0.4, 0.5) is 25.2 Å². The summed E-state index contributed by atoms with van der Waals surface area (Å²) in [6.07, 6.45) is 8.09. The minimum absolute atomic E-state index is 0.0545. The van der Waals surface area contributed by atoms with E-state index in [1.165, 1.54) is 13.1 Å². The smallest absolute Gasteiger partial charge is 0.319 e. The number of aromatic nitrogens is 2. The minimum Gasteiger partial charge on any atom is -0.392 e. The van der Waals surface area contributed by atoms with Crippen molar-refractivity contribution in [1.82, 2.24) is 15.3 Å². The summed E-state index contributed by atoms with van der Waals surface area (Å²) in [5, 5.41) is 8.99. The molecule has 2 N–H and O–H groups in total. The van der Waals surface area contributed by atoms with E-state index in [0.29, 0.717) is 31.2 Å². The maximum atomic E-state index is 14.6. The highest BCUT2D eigenvalue weighted by Gasteiger charge is 2.26. The molecule has 182 valence electrons. The fraction of sp³-hybridized carbons (Fsp3) is 0.500. The van der Waals surface area contributed by atoms with Crippen molar-refractivity contribution in [2.24, 2.45) is 5.16 Å². The maximum Gasteiger partial charge on any atom is 0.319 e. The number of urea groups is 1. The zero-order chi connectivity index (χ0) is 24.1. The molecule has 1 aliphatic heterocycles. The first kappa shape index (κ1) is 23.8. The van der Waals surface area contributed by atoms with Gasteiger partial charge in [0.2, 0.25) is 5.95 Å². The molecule has 1 saturated carbocycles. The fourth-order valence-corrected chi connectivity index (χ4v) is 4.37. The lowest BCUT2D eigenvalue weighted by Gasteiger charge is -2.31. The summed E-state index contributed by atoms with van der Waals surface area (Å²) in [6, 6.07) is 1.63. The van der Waals surface area contributed by atoms with Gasteiger partial charge >= 0.3 is 6.03 Å². The Bertz CT molecular complexity index is 1030. The normalized spacial score (nSPS) is 19.0. The van der Waals surface area contributed by atoms with Crippen LogP contribution in [-0.2, 0) is 4.84 Å². The van der Waals surface area contributed by atoms with Crippen LogP contribution >= 0.6 is 0 Å². The Labute approximate surface area is 197 Å². The summed E-state index contributed by atoms with van der Waals surface area (Å²) in [6.45, 7) is 3.60. The van der Waals surface area contributed by atoms with Gasteiger partial charge in [-0.05, 0) is 55.7 Å². The first-order chi connectivity index (χ1) is 16.4. The van der Waals surface area contributed by atoms with E-state index in [1.807, 2.05) is 19.3 Å². The molecule has 2 fully saturated rings. The second-order valence-electron chi connectivity index (χ2n) is 8.84. The third-order valence-electron chi connectivity index (χ3n) is 6.39. The average Bonchev–Trinajstić information content (AvgIpc) is 2.86. The van der Waals surface area contributed by atoms with E-state index in [4.69, 9.17) is 4.84 Å². The second kappa shape index (κ2) is 10.8. The van der Waals surface area contributed by atoms with Gasteiger partial charge in [0.1, 0.15) is 17.7 Å². The van der Waals surface area contributed by atoms with Crippen molar-refractivity contribution >= 4 is 23.4 Å². The summed E-state index contributed by atoms with van der Waals surface area (Å²) < 4.78 is 29.0. The first-order valence-electron chi connectivity index (χ1n) is 11.7. The zero-order valence-electron chi connectivity index (χ0n) is 19.5. The molecule has 34 heavy (non-hydrogen) atoms. The molecule has 0 unspecified atom stereocenters. The molecule has 2 amide bonds. The quantitative estimate of drug-likeness (QED) is 0.625. The molecule has 4 rings (SSSR count). The van der Waals surface area contributed by atoms with Crippen molar-refractivity contribution in [3.63, 3.8) is 0 Å². The van der Waals surface area contributed by atoms with Crippen molar-refractivity contribution in [2.45, 2.75) is 57.5 Å². The van der Waals surface area contributed by atoms with E-state index in [0.717, 1.165) is 49.2 Å². The number of aryl methyl sites for hydroxylation is 1. The number of hydrogen-bond acceptors (Lipinski definition) is 6. The van der Waals surface area contributed by atoms with Crippen molar-refractivity contribution < 1.29 is 18.4 Å². The molecule has 0 radical (unpaired) electrons. The number of hydrogen-bond donors (Lipinski definition) is 2. The highest BCUT2D eigenvalue weighted by Crippen LogP contribution is 2.35. The number of amides is 2. The van der Waals surface area contributed by atoms with Crippen molar-refractivity contribution in [1.29, 1.82) is 0 Å². The largest absolute Gasteiger partial charge is 0.392 e. The van der Waals surface area contributed by atoms with E-state index in [-0.39, 0.29) is 17.7 Å². The van der Waals surface area contributed by atoms with Crippen molar-refractivity contribution in [3.05, 3.63) is 47.3 Å². The number of anilines is 2. The summed E-state index contributed by atoms with van der Waals surface area (Å²) in [7, 11) is 1.41. The molecule has 0 spiro atoms. The van der Waals surface area contributed by atoms with Crippen LogP contribution in [-0.4, -0.2) is 48.0 Å². The van der Waals surface area contributed by atoms with Crippen LogP contribution in [0.1, 0.15) is 55.6 Å². The van der Waals surface area contributed by atoms with Crippen LogP contribution < -0.4 is 15.5 Å². The van der Waals surface area contributed by atoms with Gasteiger partial charge in [-0.1, -0.05) is 5.16 Å². The summed E-state index contributed by atoms with van der Waals surface area (Å²) in [4.78, 5) is 28.1. The van der Waals surface area contributed by atoms with Gasteiger partial charge in [-0.25, -0.2) is 23.5 Å². The Morgan fingerprint density at radius 2 is 1.76 bits per heavy atom. The molecule has 2 aromatic rings. The lowest BCUT2D eigenvalue weighted by Crippen LogP contribution is -2.37. The van der Waals surface area contributed by atoms with Crippen LogP contribution in [0.25, 0.3) is 0 Å². The topological polar surface area (TPSA) is 91.7 Å². The molecule has 10 heteroatoms. The fourth-order valence-electron chi connectivity index (χ4n) is 4.37. The van der Waals surface area contributed by atoms with Crippen LogP contribution in [0.5, 0.6) is 0 Å². The van der Waals surface area contributed by atoms with Gasteiger partial charge in [0.05, 0.1) is 11.4 Å². The van der Waals surface area contributed by atoms with Gasteiger partial charge in [-0.2, -0.15) is 0 Å². The zero-order valence-corrected chi connectivity index (χ0v) is 19.5. The van der Waals surface area contributed by atoms with Gasteiger partial charge in [0.15, 0.2) is 0 Å². The molecule has 0 bridgehead atoms. The first-order valence-corrected chi connectivity index (χ1v) is 11.7. The highest BCUT2D eigenvalue weighted by atomic mass is 19.1. The van der Waals surface area contributed by atoms with Crippen LogP contribution in [0.2, 0.25) is 0 Å². The molecule has 1 aromatic heterocycles. The molecule has 1 aliphatic carbocycles. The molecule has 0 atom stereocenters. The SMILES string of the molecule is CNC(=O)Nc1cc(F)c(C2CCC(=NOC3CCN(c4ncc(C)cn4)CC3)CC2)cc1F. The molecule has 1 saturated heterocycles. The number of carbonyl (C=O) groups is 1. The Hall–Kier alpha value is -3.30. The second-order valence-corrected chi connectivity index (χ2v) is 8.84. The minimum atomic E-state index is -0.648. The lowest BCUT2D eigenvalue weighted by molar-refractivity contribution is 0.0406. The summed E-state index contributed by atoms with van der Waals surface area (Å²) >= 11 is 0. The molecule has 1 aromatic carbocycles. The van der Waals surface area contributed by atoms with Crippen LogP contribution in [0, 0.1) is 18.6 Å². The summed E-state index contributed by atoms with van der Waals surface area (Å²) in [5.41, 5.74) is 2.16. The van der Waals surface area contributed by atoms with Gasteiger partial charge in [0.25, 0.3) is 0 Å². The van der Waals surface area contributed by atoms with Gasteiger partial charge in [-0.3, -0.25) is 0 Å². The molecule has 2 aliphatic rings. The molecule has 2 heterocycles. The highest BCUT2D eigenvalue weighted by molar-refractivity contribution is 5.89. The molecule has 8 nitrogen and oxygen atoms in total. The number of nitrogens with zero attached hydrogens (tertiary/aromatic N) is 4. The number of oxime groups is 1. The number of rotatable bonds is 5. The number of nitrogens with one attached hydrogen (secondary N) is 2. The summed E-state index contributed by atoms with van der Waals surface area (Å²) in [5.74, 6) is -0.515. The maximum absolute atomic E-state index is 14.6. The third kappa shape index (κ3) is 5.78. The number of carbonyl (C=O) groups excluding carboxylic acids is 1. The van der Waals surface area contributed by atoms with Gasteiger partial charge in [-0.15, -0.1) is 0 Å². The third-order valence-corrected chi connectivity index (χ3v) is 6.39. The van der Waals surface area contributed by atoms with Crippen LogP contribution in [0.3, 0.4) is 0 Å². The standard InChI is InChI=1S/C24H30F2N6O2/c1-15-13-28-23(29-14-15)32-9-7-18(8-10-32)34-31-17-5-3-16(4-6-17)19-11-21(26)22(12-20(19)25)30-24(33)27-2/h11-14,16,18H,3-10H2,1-2H3,(H2,27,30,33). The van der Waals surface area contributed by atoms with Crippen molar-refractivity contribution in [3.8, 4) is 0 Å². The van der Waals surface area contributed by atoms with E-state index < -0.39 is 17.7 Å². The van der Waals surface area contributed by atoms with Gasteiger partial charge < -0.3 is 20.4 Å². The predicted molar refractivity (Wildman–Crippen MR) is 126 cm³/mol. The number of piperidine rings is 1. The molecular formula is C24H30F2N6O2. The average molecular weight is 473 g/mol. The van der Waals surface area contributed by atoms with E-state index in [1.54, 1.807) is 0 Å². The van der Waals surface area contributed by atoms with Crippen molar-refractivity contribution in [2.75, 3.05) is 30.4 Å². The number of halogens is 2. The lowest BCUT2D eigenvalue weighted by atomic mass is 9.83. The Morgan fingerprint density at radius 3 is 2.41 bits per heavy atom. The Kier molecular flexibility index (Phi) is 7.54. The van der Waals surface area contributed by atoms with E-state index in [9.17, 15) is 13.6 Å². The number of benzene rings is 1. The Morgan fingerprint density at radius 1 is 1.09 bits per heavy atom. The predicted octanol–water partition coefficient (Wildman–Crippen LogP) is 4.51. The Balaban J connectivity index is 1.26. The monoisotopic (exact) mass is 472 g/mol. The van der Waals surface area contributed by atoms with E-state index >= 15 is 0 Å². The van der Waals surface area contributed by atoms with Gasteiger partial charge in [0, 0.05) is 51.4 Å². The van der Waals surface area contributed by atoms with Crippen LogP contribution in [0.15, 0.2) is 29.7 Å².